The molecule has 1 aromatic rings. The zero-order chi connectivity index (χ0) is 16.5. The lowest BCUT2D eigenvalue weighted by molar-refractivity contribution is 0.0728. The Labute approximate surface area is 139 Å². The number of benzene rings is 1. The van der Waals surface area contributed by atoms with Crippen LogP contribution >= 0.6 is 0 Å². The minimum absolute atomic E-state index is 0.194. The molecule has 1 unspecified atom stereocenters. The van der Waals surface area contributed by atoms with Gasteiger partial charge in [0.1, 0.15) is 6.61 Å². The zero-order valence-electron chi connectivity index (χ0n) is 14.1. The van der Waals surface area contributed by atoms with Gasteiger partial charge in [-0.1, -0.05) is 37.3 Å². The quantitative estimate of drug-likeness (QED) is 0.838. The number of nitrogens with two attached hydrogens (primary N) is 1. The summed E-state index contributed by atoms with van der Waals surface area (Å²) >= 11 is 0. The minimum Gasteiger partial charge on any atom is -0.445 e. The number of rotatable bonds is 7. The van der Waals surface area contributed by atoms with E-state index < -0.39 is 0 Å². The van der Waals surface area contributed by atoms with Crippen LogP contribution in [0.4, 0.5) is 4.79 Å². The van der Waals surface area contributed by atoms with Gasteiger partial charge in [0.25, 0.3) is 0 Å². The number of likely N-dealkylation sites (tertiary alicyclic amines) is 1. The lowest BCUT2D eigenvalue weighted by Crippen LogP contribution is -2.44. The number of nitrogens with zero attached hydrogens (tertiary/aromatic N) is 2. The van der Waals surface area contributed by atoms with Crippen molar-refractivity contribution in [3.63, 3.8) is 0 Å². The van der Waals surface area contributed by atoms with Crippen molar-refractivity contribution >= 4 is 6.09 Å². The minimum atomic E-state index is -0.194. The molecular formula is C18H29N3O2. The van der Waals surface area contributed by atoms with E-state index in [0.29, 0.717) is 19.1 Å². The van der Waals surface area contributed by atoms with Crippen molar-refractivity contribution < 1.29 is 9.53 Å². The fraction of sp³-hybridized carbons (Fsp3) is 0.611. The summed E-state index contributed by atoms with van der Waals surface area (Å²) in [6.07, 6.45) is 2.02. The molecule has 1 aromatic carbocycles. The van der Waals surface area contributed by atoms with E-state index in [1.165, 1.54) is 6.42 Å². The highest BCUT2D eigenvalue weighted by Crippen LogP contribution is 2.18. The molecule has 0 spiro atoms. The third-order valence-corrected chi connectivity index (χ3v) is 4.39. The van der Waals surface area contributed by atoms with Crippen LogP contribution in [-0.2, 0) is 11.3 Å². The van der Waals surface area contributed by atoms with Gasteiger partial charge in [-0.25, -0.2) is 4.79 Å². The van der Waals surface area contributed by atoms with E-state index in [1.807, 2.05) is 35.2 Å². The van der Waals surface area contributed by atoms with Crippen molar-refractivity contribution in [2.45, 2.75) is 26.4 Å². The number of carbonyl (C=O) groups is 1. The summed E-state index contributed by atoms with van der Waals surface area (Å²) in [6, 6.07) is 9.81. The van der Waals surface area contributed by atoms with Gasteiger partial charge in [0, 0.05) is 32.7 Å². The standard InChI is InChI=1S/C18H29N3O2/c1-2-20(12-10-19)13-17-9-6-11-21(14-17)18(22)23-15-16-7-4-3-5-8-16/h3-5,7-8,17H,2,6,9-15,19H2,1H3. The Morgan fingerprint density at radius 1 is 1.39 bits per heavy atom. The molecule has 0 radical (unpaired) electrons. The largest absolute Gasteiger partial charge is 0.445 e. The maximum atomic E-state index is 12.3. The molecule has 0 aromatic heterocycles. The van der Waals surface area contributed by atoms with Gasteiger partial charge in [0.15, 0.2) is 0 Å². The first-order valence-electron chi connectivity index (χ1n) is 8.61. The third kappa shape index (κ3) is 5.84. The Hall–Kier alpha value is -1.59. The molecule has 128 valence electrons. The van der Waals surface area contributed by atoms with E-state index in [1.54, 1.807) is 0 Å². The second-order valence-electron chi connectivity index (χ2n) is 6.18. The first-order chi connectivity index (χ1) is 11.2. The number of likely N-dealkylation sites (N-methyl/N-ethyl adjacent to an activating group) is 1. The number of carbonyl (C=O) groups excluding carboxylic acids is 1. The molecule has 5 heteroatoms. The lowest BCUT2D eigenvalue weighted by Gasteiger charge is -2.34. The van der Waals surface area contributed by atoms with E-state index in [0.717, 1.165) is 44.7 Å². The summed E-state index contributed by atoms with van der Waals surface area (Å²) < 4.78 is 5.45. The summed E-state index contributed by atoms with van der Waals surface area (Å²) in [5.74, 6) is 0.513. The normalized spacial score (nSPS) is 18.2. The van der Waals surface area contributed by atoms with Crippen LogP contribution in [0.1, 0.15) is 25.3 Å². The first kappa shape index (κ1) is 17.8. The molecule has 0 aliphatic carbocycles. The number of hydrogen-bond donors (Lipinski definition) is 1. The van der Waals surface area contributed by atoms with Gasteiger partial charge < -0.3 is 20.3 Å². The average molecular weight is 319 g/mol. The van der Waals surface area contributed by atoms with Gasteiger partial charge in [-0.05, 0) is 30.9 Å². The summed E-state index contributed by atoms with van der Waals surface area (Å²) in [5, 5.41) is 0. The van der Waals surface area contributed by atoms with Crippen molar-refractivity contribution in [2.24, 2.45) is 11.7 Å². The van der Waals surface area contributed by atoms with Crippen LogP contribution in [0.3, 0.4) is 0 Å². The summed E-state index contributed by atoms with van der Waals surface area (Å²) in [4.78, 5) is 16.5. The van der Waals surface area contributed by atoms with E-state index in [4.69, 9.17) is 10.5 Å². The molecular weight excluding hydrogens is 290 g/mol. The van der Waals surface area contributed by atoms with Crippen LogP contribution in [0.15, 0.2) is 30.3 Å². The molecule has 0 bridgehead atoms. The predicted molar refractivity (Wildman–Crippen MR) is 92.1 cm³/mol. The van der Waals surface area contributed by atoms with Crippen LogP contribution in [0, 0.1) is 5.92 Å². The second kappa shape index (κ2) is 9.53. The van der Waals surface area contributed by atoms with Crippen molar-refractivity contribution in [1.29, 1.82) is 0 Å². The molecule has 1 aliphatic rings. The Morgan fingerprint density at radius 3 is 2.87 bits per heavy atom. The van der Waals surface area contributed by atoms with Crippen LogP contribution in [0.5, 0.6) is 0 Å². The molecule has 1 fully saturated rings. The van der Waals surface area contributed by atoms with E-state index >= 15 is 0 Å². The molecule has 2 rings (SSSR count). The van der Waals surface area contributed by atoms with Gasteiger partial charge in [-0.2, -0.15) is 0 Å². The first-order valence-corrected chi connectivity index (χ1v) is 8.61. The van der Waals surface area contributed by atoms with Crippen molar-refractivity contribution in [3.05, 3.63) is 35.9 Å². The Balaban J connectivity index is 1.79. The second-order valence-corrected chi connectivity index (χ2v) is 6.18. The molecule has 23 heavy (non-hydrogen) atoms. The average Bonchev–Trinajstić information content (AvgIpc) is 2.60. The number of ether oxygens (including phenoxy) is 1. The summed E-state index contributed by atoms with van der Waals surface area (Å²) in [5.41, 5.74) is 6.68. The van der Waals surface area contributed by atoms with Crippen molar-refractivity contribution in [1.82, 2.24) is 9.80 Å². The molecule has 5 nitrogen and oxygen atoms in total. The maximum absolute atomic E-state index is 12.3. The molecule has 0 saturated carbocycles. The van der Waals surface area contributed by atoms with Gasteiger partial charge in [-0.15, -0.1) is 0 Å². The van der Waals surface area contributed by atoms with E-state index in [9.17, 15) is 4.79 Å². The SMILES string of the molecule is CCN(CCN)CC1CCCN(C(=O)OCc2ccccc2)C1. The number of amides is 1. The lowest BCUT2D eigenvalue weighted by atomic mass is 9.97. The Kier molecular flexibility index (Phi) is 7.36. The molecule has 1 heterocycles. The van der Waals surface area contributed by atoms with Crippen LogP contribution in [0.25, 0.3) is 0 Å². The Bertz CT molecular complexity index is 467. The number of hydrogen-bond acceptors (Lipinski definition) is 4. The highest BCUT2D eigenvalue weighted by molar-refractivity contribution is 5.67. The monoisotopic (exact) mass is 319 g/mol. The van der Waals surface area contributed by atoms with Gasteiger partial charge in [-0.3, -0.25) is 0 Å². The highest BCUT2D eigenvalue weighted by atomic mass is 16.6. The Morgan fingerprint density at radius 2 is 2.17 bits per heavy atom. The fourth-order valence-electron chi connectivity index (χ4n) is 3.12. The molecule has 1 saturated heterocycles. The van der Waals surface area contributed by atoms with E-state index in [2.05, 4.69) is 11.8 Å². The van der Waals surface area contributed by atoms with Crippen LogP contribution in [-0.4, -0.2) is 55.2 Å². The fourth-order valence-corrected chi connectivity index (χ4v) is 3.12. The van der Waals surface area contributed by atoms with Crippen LogP contribution in [0.2, 0.25) is 0 Å². The smallest absolute Gasteiger partial charge is 0.410 e. The van der Waals surface area contributed by atoms with Crippen LogP contribution < -0.4 is 5.73 Å². The topological polar surface area (TPSA) is 58.8 Å². The van der Waals surface area contributed by atoms with Crippen molar-refractivity contribution in [3.8, 4) is 0 Å². The van der Waals surface area contributed by atoms with Gasteiger partial charge in [0.2, 0.25) is 0 Å². The highest BCUT2D eigenvalue weighted by Gasteiger charge is 2.25. The maximum Gasteiger partial charge on any atom is 0.410 e. The predicted octanol–water partition coefficient (Wildman–Crippen LogP) is 2.32. The third-order valence-electron chi connectivity index (χ3n) is 4.39. The molecule has 2 N–H and O–H groups in total. The molecule has 1 amide bonds. The van der Waals surface area contributed by atoms with Gasteiger partial charge in [0.05, 0.1) is 0 Å². The summed E-state index contributed by atoms with van der Waals surface area (Å²) in [7, 11) is 0. The van der Waals surface area contributed by atoms with Gasteiger partial charge >= 0.3 is 6.09 Å². The number of piperidine rings is 1. The van der Waals surface area contributed by atoms with E-state index in [-0.39, 0.29) is 6.09 Å². The summed E-state index contributed by atoms with van der Waals surface area (Å²) in [6.45, 7) is 7.71. The van der Waals surface area contributed by atoms with Crippen molar-refractivity contribution in [2.75, 3.05) is 39.3 Å². The molecule has 1 aliphatic heterocycles. The molecule has 1 atom stereocenters. The zero-order valence-corrected chi connectivity index (χ0v) is 14.1.